The molecule has 0 bridgehead atoms. The molecule has 0 radical (unpaired) electrons. The van der Waals surface area contributed by atoms with Gasteiger partial charge in [-0.1, -0.05) is 17.7 Å². The third-order valence-electron chi connectivity index (χ3n) is 3.52. The first-order valence-corrected chi connectivity index (χ1v) is 8.48. The lowest BCUT2D eigenvalue weighted by molar-refractivity contribution is -0.153. The molecule has 1 atom stereocenters. The van der Waals surface area contributed by atoms with Gasteiger partial charge in [0.25, 0.3) is 5.91 Å². The van der Waals surface area contributed by atoms with E-state index in [-0.39, 0.29) is 18.3 Å². The summed E-state index contributed by atoms with van der Waals surface area (Å²) < 4.78 is 5.20. The van der Waals surface area contributed by atoms with Crippen LogP contribution in [0.15, 0.2) is 35.0 Å². The number of nitrogens with one attached hydrogen (secondary N) is 1. The van der Waals surface area contributed by atoms with Crippen molar-refractivity contribution >= 4 is 28.9 Å². The first-order chi connectivity index (χ1) is 11.0. The Morgan fingerprint density at radius 1 is 1.26 bits per heavy atom. The summed E-state index contributed by atoms with van der Waals surface area (Å²) in [5.41, 5.74) is 3.96. The van der Waals surface area contributed by atoms with Gasteiger partial charge >= 0.3 is 5.97 Å². The molecule has 0 fully saturated rings. The summed E-state index contributed by atoms with van der Waals surface area (Å²) in [4.78, 5) is 23.9. The van der Waals surface area contributed by atoms with E-state index in [2.05, 4.69) is 5.32 Å². The molecule has 2 rings (SSSR count). The number of hydrogen-bond acceptors (Lipinski definition) is 4. The molecule has 0 aliphatic heterocycles. The van der Waals surface area contributed by atoms with E-state index < -0.39 is 6.10 Å². The molecule has 23 heavy (non-hydrogen) atoms. The SMILES string of the molecule is Cc1ccc(NC(=O)[C@@H](C)OC(=O)CCc2ccsc2)c(C)c1. The fourth-order valence-corrected chi connectivity index (χ4v) is 2.88. The summed E-state index contributed by atoms with van der Waals surface area (Å²) >= 11 is 1.60. The molecule has 5 heteroatoms. The predicted molar refractivity (Wildman–Crippen MR) is 92.7 cm³/mol. The van der Waals surface area contributed by atoms with Gasteiger partial charge in [-0.05, 0) is 61.2 Å². The van der Waals surface area contributed by atoms with E-state index in [1.807, 2.05) is 48.9 Å². The minimum atomic E-state index is -0.814. The molecule has 4 nitrogen and oxygen atoms in total. The molecule has 1 N–H and O–H groups in total. The number of benzene rings is 1. The number of rotatable bonds is 6. The highest BCUT2D eigenvalue weighted by Crippen LogP contribution is 2.16. The maximum absolute atomic E-state index is 12.1. The Labute approximate surface area is 140 Å². The predicted octanol–water partition coefficient (Wildman–Crippen LogP) is 3.87. The highest BCUT2D eigenvalue weighted by atomic mass is 32.1. The highest BCUT2D eigenvalue weighted by Gasteiger charge is 2.18. The molecule has 0 spiro atoms. The van der Waals surface area contributed by atoms with Gasteiger partial charge in [0.2, 0.25) is 0 Å². The first kappa shape index (κ1) is 17.2. The number of esters is 1. The largest absolute Gasteiger partial charge is 0.453 e. The van der Waals surface area contributed by atoms with E-state index >= 15 is 0 Å². The van der Waals surface area contributed by atoms with E-state index in [0.29, 0.717) is 6.42 Å². The maximum atomic E-state index is 12.1. The number of ether oxygens (including phenoxy) is 1. The molecule has 122 valence electrons. The lowest BCUT2D eigenvalue weighted by Crippen LogP contribution is -2.30. The van der Waals surface area contributed by atoms with Gasteiger partial charge in [-0.2, -0.15) is 11.3 Å². The minimum Gasteiger partial charge on any atom is -0.453 e. The summed E-state index contributed by atoms with van der Waals surface area (Å²) in [6.45, 7) is 5.51. The quantitative estimate of drug-likeness (QED) is 0.818. The third kappa shape index (κ3) is 5.21. The Kier molecular flexibility index (Phi) is 5.93. The van der Waals surface area contributed by atoms with Crippen LogP contribution in [0, 0.1) is 13.8 Å². The van der Waals surface area contributed by atoms with Gasteiger partial charge in [0.05, 0.1) is 0 Å². The summed E-state index contributed by atoms with van der Waals surface area (Å²) in [5.74, 6) is -0.680. The summed E-state index contributed by atoms with van der Waals surface area (Å²) in [6.07, 6.45) is 0.0942. The van der Waals surface area contributed by atoms with Gasteiger partial charge in [-0.25, -0.2) is 0 Å². The van der Waals surface area contributed by atoms with E-state index in [4.69, 9.17) is 4.74 Å². The van der Waals surface area contributed by atoms with Crippen molar-refractivity contribution in [1.82, 2.24) is 0 Å². The molecule has 2 aromatic rings. The number of aryl methyl sites for hydroxylation is 3. The highest BCUT2D eigenvalue weighted by molar-refractivity contribution is 7.07. The summed E-state index contributed by atoms with van der Waals surface area (Å²) in [6, 6.07) is 7.76. The molecule has 0 saturated carbocycles. The molecule has 1 heterocycles. The van der Waals surface area contributed by atoms with Gasteiger partial charge in [-0.15, -0.1) is 0 Å². The monoisotopic (exact) mass is 331 g/mol. The third-order valence-corrected chi connectivity index (χ3v) is 4.25. The summed E-state index contributed by atoms with van der Waals surface area (Å²) in [5, 5.41) is 6.77. The lowest BCUT2D eigenvalue weighted by Gasteiger charge is -2.15. The van der Waals surface area contributed by atoms with Gasteiger partial charge in [0.15, 0.2) is 6.10 Å². The average molecular weight is 331 g/mol. The second-order valence-electron chi connectivity index (χ2n) is 5.57. The van der Waals surface area contributed by atoms with Crippen LogP contribution in [0.1, 0.15) is 30.0 Å². The number of anilines is 1. The number of thiophene rings is 1. The van der Waals surface area contributed by atoms with Crippen LogP contribution in [0.3, 0.4) is 0 Å². The average Bonchev–Trinajstić information content (AvgIpc) is 3.01. The molecule has 0 unspecified atom stereocenters. The van der Waals surface area contributed by atoms with Crippen LogP contribution in [0.4, 0.5) is 5.69 Å². The molecular weight excluding hydrogens is 310 g/mol. The van der Waals surface area contributed by atoms with E-state index in [0.717, 1.165) is 22.4 Å². The normalized spacial score (nSPS) is 11.8. The van der Waals surface area contributed by atoms with E-state index in [1.54, 1.807) is 18.3 Å². The topological polar surface area (TPSA) is 55.4 Å². The second-order valence-corrected chi connectivity index (χ2v) is 6.35. The van der Waals surface area contributed by atoms with Crippen molar-refractivity contribution < 1.29 is 14.3 Å². The van der Waals surface area contributed by atoms with Crippen LogP contribution in [0.25, 0.3) is 0 Å². The molecule has 0 saturated heterocycles. The van der Waals surface area contributed by atoms with Crippen molar-refractivity contribution in [3.63, 3.8) is 0 Å². The Bertz CT molecular complexity index is 680. The van der Waals surface area contributed by atoms with Crippen molar-refractivity contribution in [2.75, 3.05) is 5.32 Å². The van der Waals surface area contributed by atoms with Gasteiger partial charge in [0.1, 0.15) is 0 Å². The summed E-state index contributed by atoms with van der Waals surface area (Å²) in [7, 11) is 0. The fourth-order valence-electron chi connectivity index (χ4n) is 2.18. The number of hydrogen-bond donors (Lipinski definition) is 1. The molecule has 0 aliphatic carbocycles. The van der Waals surface area contributed by atoms with Crippen LogP contribution in [0.2, 0.25) is 0 Å². The van der Waals surface area contributed by atoms with Crippen LogP contribution in [0.5, 0.6) is 0 Å². The first-order valence-electron chi connectivity index (χ1n) is 7.54. The van der Waals surface area contributed by atoms with Crippen molar-refractivity contribution in [3.05, 3.63) is 51.7 Å². The van der Waals surface area contributed by atoms with Gasteiger partial charge in [-0.3, -0.25) is 9.59 Å². The molecule has 1 amide bonds. The lowest BCUT2D eigenvalue weighted by atomic mass is 10.1. The van der Waals surface area contributed by atoms with Gasteiger partial charge < -0.3 is 10.1 Å². The smallest absolute Gasteiger partial charge is 0.306 e. The van der Waals surface area contributed by atoms with Crippen molar-refractivity contribution in [3.8, 4) is 0 Å². The van der Waals surface area contributed by atoms with E-state index in [1.165, 1.54) is 0 Å². The van der Waals surface area contributed by atoms with Crippen molar-refractivity contribution in [2.24, 2.45) is 0 Å². The zero-order valence-electron chi connectivity index (χ0n) is 13.6. The van der Waals surface area contributed by atoms with Crippen molar-refractivity contribution in [1.29, 1.82) is 0 Å². The number of amides is 1. The van der Waals surface area contributed by atoms with Crippen LogP contribution in [-0.2, 0) is 20.7 Å². The second kappa shape index (κ2) is 7.92. The van der Waals surface area contributed by atoms with Gasteiger partial charge in [0, 0.05) is 12.1 Å². The molecule has 1 aromatic heterocycles. The molecular formula is C18H21NO3S. The van der Waals surface area contributed by atoms with Crippen LogP contribution < -0.4 is 5.32 Å². The Hall–Kier alpha value is -2.14. The van der Waals surface area contributed by atoms with Crippen LogP contribution >= 0.6 is 11.3 Å². The van der Waals surface area contributed by atoms with Crippen LogP contribution in [-0.4, -0.2) is 18.0 Å². The Balaban J connectivity index is 1.83. The number of carbonyl (C=O) groups excluding carboxylic acids is 2. The minimum absolute atomic E-state index is 0.276. The van der Waals surface area contributed by atoms with Crippen molar-refractivity contribution in [2.45, 2.75) is 39.7 Å². The maximum Gasteiger partial charge on any atom is 0.306 e. The Morgan fingerprint density at radius 2 is 2.04 bits per heavy atom. The van der Waals surface area contributed by atoms with E-state index in [9.17, 15) is 9.59 Å². The Morgan fingerprint density at radius 3 is 2.70 bits per heavy atom. The molecule has 0 aliphatic rings. The number of carbonyl (C=O) groups is 2. The zero-order chi connectivity index (χ0) is 16.8. The molecule has 1 aromatic carbocycles. The zero-order valence-corrected chi connectivity index (χ0v) is 14.4. The fraction of sp³-hybridized carbons (Fsp3) is 0.333. The standard InChI is InChI=1S/C18H21NO3S/c1-12-4-6-16(13(2)10-12)19-18(21)14(3)22-17(20)7-5-15-8-9-23-11-15/h4,6,8-11,14H,5,7H2,1-3H3,(H,19,21)/t14-/m1/s1.